The van der Waals surface area contributed by atoms with E-state index in [1.54, 1.807) is 0 Å². The van der Waals surface area contributed by atoms with Gasteiger partial charge >= 0.3 is 0 Å². The first-order chi connectivity index (χ1) is 5.95. The quantitative estimate of drug-likeness (QED) is 0.548. The zero-order valence-electron chi connectivity index (χ0n) is 9.46. The fraction of sp³-hybridized carbons (Fsp3) is 0.750. The van der Waals surface area contributed by atoms with Gasteiger partial charge in [-0.1, -0.05) is 32.9 Å². The average molecular weight is 179 g/mol. The SMILES string of the molecule is C=C1C(C)C(C)N=C(C)C1C(C)C. The first kappa shape index (κ1) is 10.5. The van der Waals surface area contributed by atoms with Gasteiger partial charge in [0, 0.05) is 11.6 Å². The van der Waals surface area contributed by atoms with E-state index in [2.05, 4.69) is 46.2 Å². The molecule has 1 aliphatic rings. The Balaban J connectivity index is 2.97. The molecule has 0 N–H and O–H groups in total. The minimum Gasteiger partial charge on any atom is -0.290 e. The third kappa shape index (κ3) is 1.84. The molecular formula is C12H21N. The van der Waals surface area contributed by atoms with Gasteiger partial charge in [-0.3, -0.25) is 4.99 Å². The molecule has 0 aliphatic carbocycles. The Morgan fingerprint density at radius 2 is 1.85 bits per heavy atom. The molecule has 3 unspecified atom stereocenters. The summed E-state index contributed by atoms with van der Waals surface area (Å²) in [7, 11) is 0. The highest BCUT2D eigenvalue weighted by Gasteiger charge is 2.30. The van der Waals surface area contributed by atoms with Crippen molar-refractivity contribution in [1.82, 2.24) is 0 Å². The van der Waals surface area contributed by atoms with Gasteiger partial charge in [-0.2, -0.15) is 0 Å². The summed E-state index contributed by atoms with van der Waals surface area (Å²) in [6, 6.07) is 0.419. The van der Waals surface area contributed by atoms with Gasteiger partial charge in [0.25, 0.3) is 0 Å². The van der Waals surface area contributed by atoms with E-state index in [0.717, 1.165) is 0 Å². The lowest BCUT2D eigenvalue weighted by Crippen LogP contribution is -2.33. The third-order valence-electron chi connectivity index (χ3n) is 3.23. The zero-order valence-corrected chi connectivity index (χ0v) is 9.46. The summed E-state index contributed by atoms with van der Waals surface area (Å²) in [5.41, 5.74) is 2.64. The van der Waals surface area contributed by atoms with Crippen molar-refractivity contribution in [2.75, 3.05) is 0 Å². The molecule has 1 rings (SSSR count). The topological polar surface area (TPSA) is 12.4 Å². The van der Waals surface area contributed by atoms with Crippen LogP contribution in [0.1, 0.15) is 34.6 Å². The van der Waals surface area contributed by atoms with Crippen LogP contribution >= 0.6 is 0 Å². The number of hydrogen-bond donors (Lipinski definition) is 0. The van der Waals surface area contributed by atoms with Crippen molar-refractivity contribution in [2.24, 2.45) is 22.7 Å². The van der Waals surface area contributed by atoms with Gasteiger partial charge in [-0.25, -0.2) is 0 Å². The fourth-order valence-electron chi connectivity index (χ4n) is 2.29. The molecule has 0 aromatic rings. The molecule has 3 atom stereocenters. The minimum absolute atomic E-state index is 0.419. The predicted octanol–water partition coefficient (Wildman–Crippen LogP) is 3.31. The van der Waals surface area contributed by atoms with Crippen molar-refractivity contribution in [1.29, 1.82) is 0 Å². The van der Waals surface area contributed by atoms with Crippen LogP contribution in [0.3, 0.4) is 0 Å². The van der Waals surface area contributed by atoms with Crippen LogP contribution in [0.5, 0.6) is 0 Å². The molecule has 0 fully saturated rings. The van der Waals surface area contributed by atoms with Crippen LogP contribution in [0.15, 0.2) is 17.1 Å². The highest BCUT2D eigenvalue weighted by atomic mass is 14.8. The Morgan fingerprint density at radius 1 is 1.31 bits per heavy atom. The van der Waals surface area contributed by atoms with Gasteiger partial charge in [0.15, 0.2) is 0 Å². The van der Waals surface area contributed by atoms with Crippen LogP contribution in [-0.2, 0) is 0 Å². The van der Waals surface area contributed by atoms with Gasteiger partial charge in [0.2, 0.25) is 0 Å². The summed E-state index contributed by atoms with van der Waals surface area (Å²) < 4.78 is 0. The molecule has 0 radical (unpaired) electrons. The molecule has 1 heterocycles. The molecule has 0 bridgehead atoms. The van der Waals surface area contributed by atoms with E-state index in [-0.39, 0.29) is 0 Å². The predicted molar refractivity (Wildman–Crippen MR) is 59.2 cm³/mol. The Labute approximate surface area is 82.0 Å². The van der Waals surface area contributed by atoms with E-state index in [4.69, 9.17) is 0 Å². The smallest absolute Gasteiger partial charge is 0.0533 e. The van der Waals surface area contributed by atoms with Gasteiger partial charge < -0.3 is 0 Å². The highest BCUT2D eigenvalue weighted by molar-refractivity contribution is 5.88. The summed E-state index contributed by atoms with van der Waals surface area (Å²) in [4.78, 5) is 4.67. The summed E-state index contributed by atoms with van der Waals surface area (Å²) in [5, 5.41) is 0. The molecule has 0 saturated carbocycles. The van der Waals surface area contributed by atoms with E-state index in [0.29, 0.717) is 23.8 Å². The standard InChI is InChI=1S/C12H21N/c1-7(2)12-9(4)8(3)10(5)13-11(12)6/h7-8,10,12H,4H2,1-3,5-6H3. The monoisotopic (exact) mass is 179 g/mol. The van der Waals surface area contributed by atoms with E-state index in [1.807, 2.05) is 0 Å². The van der Waals surface area contributed by atoms with Crippen LogP contribution in [-0.4, -0.2) is 11.8 Å². The molecule has 1 nitrogen and oxygen atoms in total. The second-order valence-corrected chi connectivity index (χ2v) is 4.60. The maximum absolute atomic E-state index is 4.67. The van der Waals surface area contributed by atoms with Crippen molar-refractivity contribution in [3.63, 3.8) is 0 Å². The van der Waals surface area contributed by atoms with Gasteiger partial charge in [-0.05, 0) is 25.7 Å². The number of nitrogens with zero attached hydrogens (tertiary/aromatic N) is 1. The largest absolute Gasteiger partial charge is 0.290 e. The van der Waals surface area contributed by atoms with E-state index in [1.165, 1.54) is 11.3 Å². The molecule has 1 heteroatoms. The molecule has 13 heavy (non-hydrogen) atoms. The Morgan fingerprint density at radius 3 is 2.31 bits per heavy atom. The van der Waals surface area contributed by atoms with E-state index < -0.39 is 0 Å². The maximum Gasteiger partial charge on any atom is 0.0533 e. The fourth-order valence-corrected chi connectivity index (χ4v) is 2.29. The highest BCUT2D eigenvalue weighted by Crippen LogP contribution is 2.33. The molecule has 0 amide bonds. The van der Waals surface area contributed by atoms with E-state index in [9.17, 15) is 0 Å². The Hall–Kier alpha value is -0.590. The first-order valence-electron chi connectivity index (χ1n) is 5.18. The maximum atomic E-state index is 4.67. The third-order valence-corrected chi connectivity index (χ3v) is 3.23. The lowest BCUT2D eigenvalue weighted by Gasteiger charge is -2.34. The van der Waals surface area contributed by atoms with Crippen molar-refractivity contribution in [3.8, 4) is 0 Å². The number of aliphatic imine (C=N–C) groups is 1. The lowest BCUT2D eigenvalue weighted by atomic mass is 9.75. The van der Waals surface area contributed by atoms with Crippen molar-refractivity contribution >= 4 is 5.71 Å². The Kier molecular flexibility index (Phi) is 2.94. The van der Waals surface area contributed by atoms with Crippen LogP contribution in [0.2, 0.25) is 0 Å². The van der Waals surface area contributed by atoms with Crippen LogP contribution < -0.4 is 0 Å². The van der Waals surface area contributed by atoms with Crippen molar-refractivity contribution < 1.29 is 0 Å². The van der Waals surface area contributed by atoms with Gasteiger partial charge in [0.1, 0.15) is 0 Å². The molecular weight excluding hydrogens is 158 g/mol. The molecule has 0 spiro atoms. The summed E-state index contributed by atoms with van der Waals surface area (Å²) >= 11 is 0. The van der Waals surface area contributed by atoms with Gasteiger partial charge in [-0.15, -0.1) is 0 Å². The van der Waals surface area contributed by atoms with E-state index >= 15 is 0 Å². The molecule has 0 aromatic carbocycles. The molecule has 0 saturated heterocycles. The van der Waals surface area contributed by atoms with Crippen LogP contribution in [0, 0.1) is 17.8 Å². The summed E-state index contributed by atoms with van der Waals surface area (Å²) in [6.45, 7) is 15.3. The number of hydrogen-bond acceptors (Lipinski definition) is 1. The zero-order chi connectivity index (χ0) is 10.2. The van der Waals surface area contributed by atoms with Crippen molar-refractivity contribution in [2.45, 2.75) is 40.7 Å². The lowest BCUT2D eigenvalue weighted by molar-refractivity contribution is 0.432. The number of rotatable bonds is 1. The molecule has 0 aromatic heterocycles. The Bertz CT molecular complexity index is 238. The van der Waals surface area contributed by atoms with Gasteiger partial charge in [0.05, 0.1) is 6.04 Å². The molecule has 1 aliphatic heterocycles. The summed E-state index contributed by atoms with van der Waals surface area (Å²) in [5.74, 6) is 1.67. The molecule has 74 valence electrons. The van der Waals surface area contributed by atoms with Crippen LogP contribution in [0.25, 0.3) is 0 Å². The second-order valence-electron chi connectivity index (χ2n) is 4.60. The minimum atomic E-state index is 0.419. The first-order valence-corrected chi connectivity index (χ1v) is 5.18. The van der Waals surface area contributed by atoms with Crippen molar-refractivity contribution in [3.05, 3.63) is 12.2 Å². The van der Waals surface area contributed by atoms with Crippen LogP contribution in [0.4, 0.5) is 0 Å². The normalized spacial score (nSPS) is 35.1. The second kappa shape index (κ2) is 3.65. The average Bonchev–Trinajstić information content (AvgIpc) is 1.99. The summed E-state index contributed by atoms with van der Waals surface area (Å²) in [6.07, 6.45) is 0.